The van der Waals surface area contributed by atoms with Crippen molar-refractivity contribution in [2.24, 2.45) is 0 Å². The molecule has 1 aliphatic rings. The molecule has 0 spiro atoms. The molecule has 0 aliphatic carbocycles. The van der Waals surface area contributed by atoms with E-state index in [2.05, 4.69) is 15.3 Å². The molecule has 2 amide bonds. The van der Waals surface area contributed by atoms with Crippen LogP contribution in [-0.2, 0) is 9.53 Å². The Hall–Kier alpha value is -2.52. The van der Waals surface area contributed by atoms with Gasteiger partial charge in [-0.1, -0.05) is 0 Å². The minimum atomic E-state index is -0.319. The molecule has 0 unspecified atom stereocenters. The average molecular weight is 389 g/mol. The van der Waals surface area contributed by atoms with Gasteiger partial charge in [-0.2, -0.15) is 0 Å². The van der Waals surface area contributed by atoms with Gasteiger partial charge in [-0.25, -0.2) is 9.97 Å². The van der Waals surface area contributed by atoms with Crippen molar-refractivity contribution in [3.8, 4) is 0 Å². The first-order chi connectivity index (χ1) is 13.1. The summed E-state index contributed by atoms with van der Waals surface area (Å²) in [6.45, 7) is 1.84. The molecule has 0 aromatic carbocycles. The van der Waals surface area contributed by atoms with Gasteiger partial charge in [-0.3, -0.25) is 14.9 Å². The number of nitrogens with two attached hydrogens (primary N) is 1. The minimum absolute atomic E-state index is 0.122. The summed E-state index contributed by atoms with van der Waals surface area (Å²) in [6, 6.07) is 3.55. The largest absolute Gasteiger partial charge is 0.384 e. The number of hydrogen-bond acceptors (Lipinski definition) is 7. The number of rotatable bonds is 6. The maximum Gasteiger partial charge on any atom is 0.261 e. The van der Waals surface area contributed by atoms with Gasteiger partial charge in [-0.15, -0.1) is 11.3 Å². The Kier molecular flexibility index (Phi) is 6.36. The predicted molar refractivity (Wildman–Crippen MR) is 104 cm³/mol. The number of piperidine rings is 1. The molecule has 3 heterocycles. The van der Waals surface area contributed by atoms with E-state index in [0.717, 1.165) is 18.5 Å². The Morgan fingerprint density at radius 3 is 2.78 bits per heavy atom. The summed E-state index contributed by atoms with van der Waals surface area (Å²) in [5.74, 6) is 0.243. The lowest BCUT2D eigenvalue weighted by Gasteiger charge is -2.32. The number of methoxy groups -OCH3 is 1. The van der Waals surface area contributed by atoms with Gasteiger partial charge in [0.25, 0.3) is 5.91 Å². The SMILES string of the molecule is COCCC(=O)N1CCC(c2ccc(C(=O)Nc3nccs3)c(N)n2)CC1. The molecule has 2 aromatic heterocycles. The van der Waals surface area contributed by atoms with Gasteiger partial charge in [0.2, 0.25) is 5.91 Å². The third kappa shape index (κ3) is 4.81. The molecule has 3 rings (SSSR count). The Balaban J connectivity index is 1.59. The highest BCUT2D eigenvalue weighted by atomic mass is 32.1. The molecule has 0 saturated carbocycles. The average Bonchev–Trinajstić information content (AvgIpc) is 3.19. The summed E-state index contributed by atoms with van der Waals surface area (Å²) in [6.07, 6.45) is 3.69. The molecule has 144 valence electrons. The van der Waals surface area contributed by atoms with E-state index in [1.54, 1.807) is 24.8 Å². The molecule has 3 N–H and O–H groups in total. The van der Waals surface area contributed by atoms with Crippen molar-refractivity contribution in [1.82, 2.24) is 14.9 Å². The van der Waals surface area contributed by atoms with Crippen LogP contribution in [0, 0.1) is 0 Å². The summed E-state index contributed by atoms with van der Waals surface area (Å²) < 4.78 is 4.96. The predicted octanol–water partition coefficient (Wildman–Crippen LogP) is 2.12. The van der Waals surface area contributed by atoms with E-state index in [1.165, 1.54) is 11.3 Å². The molecule has 0 radical (unpaired) electrons. The van der Waals surface area contributed by atoms with Crippen molar-refractivity contribution in [1.29, 1.82) is 0 Å². The van der Waals surface area contributed by atoms with Gasteiger partial charge in [0.05, 0.1) is 18.6 Å². The zero-order valence-electron chi connectivity index (χ0n) is 15.2. The van der Waals surface area contributed by atoms with Gasteiger partial charge < -0.3 is 15.4 Å². The fourth-order valence-corrected chi connectivity index (χ4v) is 3.66. The van der Waals surface area contributed by atoms with E-state index in [-0.39, 0.29) is 23.6 Å². The fourth-order valence-electron chi connectivity index (χ4n) is 3.13. The number of anilines is 2. The van der Waals surface area contributed by atoms with Crippen molar-refractivity contribution in [2.45, 2.75) is 25.2 Å². The van der Waals surface area contributed by atoms with Crippen LogP contribution in [0.5, 0.6) is 0 Å². The standard InChI is InChI=1S/C18H23N5O3S/c1-26-10-6-15(24)23-8-4-12(5-9-23)14-3-2-13(16(19)21-14)17(25)22-18-20-7-11-27-18/h2-3,7,11-12H,4-6,8-10H2,1H3,(H2,19,21)(H,20,22,25). The molecule has 1 aliphatic heterocycles. The molecular formula is C18H23N5O3S. The Labute approximate surface area is 161 Å². The molecule has 0 bridgehead atoms. The van der Waals surface area contributed by atoms with Crippen LogP contribution in [0.2, 0.25) is 0 Å². The molecule has 1 saturated heterocycles. The van der Waals surface area contributed by atoms with E-state index in [1.807, 2.05) is 11.0 Å². The third-order valence-corrected chi connectivity index (χ3v) is 5.32. The van der Waals surface area contributed by atoms with Crippen LogP contribution in [0.25, 0.3) is 0 Å². The number of nitrogens with zero attached hydrogens (tertiary/aromatic N) is 3. The number of nitrogen functional groups attached to an aromatic ring is 1. The van der Waals surface area contributed by atoms with Gasteiger partial charge in [0.15, 0.2) is 5.13 Å². The van der Waals surface area contributed by atoms with Crippen molar-refractivity contribution in [3.05, 3.63) is 35.0 Å². The summed E-state index contributed by atoms with van der Waals surface area (Å²) in [4.78, 5) is 34.7. The van der Waals surface area contributed by atoms with Crippen LogP contribution in [-0.4, -0.2) is 53.5 Å². The number of carbonyl (C=O) groups is 2. The molecule has 27 heavy (non-hydrogen) atoms. The number of pyridine rings is 1. The topological polar surface area (TPSA) is 110 Å². The third-order valence-electron chi connectivity index (χ3n) is 4.63. The quantitative estimate of drug-likeness (QED) is 0.783. The van der Waals surface area contributed by atoms with Gasteiger partial charge >= 0.3 is 0 Å². The van der Waals surface area contributed by atoms with E-state index in [4.69, 9.17) is 10.5 Å². The maximum atomic E-state index is 12.3. The second kappa shape index (κ2) is 8.92. The van der Waals surface area contributed by atoms with Crippen molar-refractivity contribution in [2.75, 3.05) is 37.9 Å². The van der Waals surface area contributed by atoms with E-state index in [0.29, 0.717) is 36.8 Å². The van der Waals surface area contributed by atoms with Crippen molar-refractivity contribution in [3.63, 3.8) is 0 Å². The number of likely N-dealkylation sites (tertiary alicyclic amines) is 1. The van der Waals surface area contributed by atoms with Crippen LogP contribution < -0.4 is 11.1 Å². The summed E-state index contributed by atoms with van der Waals surface area (Å²) in [5, 5.41) is 5.01. The monoisotopic (exact) mass is 389 g/mol. The van der Waals surface area contributed by atoms with Crippen LogP contribution in [0.15, 0.2) is 23.7 Å². The van der Waals surface area contributed by atoms with E-state index >= 15 is 0 Å². The molecule has 9 heteroatoms. The van der Waals surface area contributed by atoms with E-state index in [9.17, 15) is 9.59 Å². The fraction of sp³-hybridized carbons (Fsp3) is 0.444. The Bertz CT molecular complexity index is 788. The molecule has 1 fully saturated rings. The number of carbonyl (C=O) groups excluding carboxylic acids is 2. The van der Waals surface area contributed by atoms with Crippen LogP contribution in [0.1, 0.15) is 41.2 Å². The first-order valence-corrected chi connectivity index (χ1v) is 9.70. The zero-order valence-corrected chi connectivity index (χ0v) is 16.0. The first kappa shape index (κ1) is 19.2. The Morgan fingerprint density at radius 1 is 1.37 bits per heavy atom. The number of aromatic nitrogens is 2. The second-order valence-corrected chi connectivity index (χ2v) is 7.25. The van der Waals surface area contributed by atoms with Gasteiger partial charge in [0, 0.05) is 43.4 Å². The number of nitrogens with one attached hydrogen (secondary N) is 1. The number of ether oxygens (including phenoxy) is 1. The lowest BCUT2D eigenvalue weighted by atomic mass is 9.92. The number of thiazole rings is 1. The maximum absolute atomic E-state index is 12.3. The van der Waals surface area contributed by atoms with Crippen molar-refractivity contribution < 1.29 is 14.3 Å². The van der Waals surface area contributed by atoms with Gasteiger partial charge in [0.1, 0.15) is 5.82 Å². The summed E-state index contributed by atoms with van der Waals surface area (Å²) in [5.41, 5.74) is 7.22. The minimum Gasteiger partial charge on any atom is -0.384 e. The smallest absolute Gasteiger partial charge is 0.261 e. The lowest BCUT2D eigenvalue weighted by Crippen LogP contribution is -2.38. The normalized spacial score (nSPS) is 14.9. The molecular weight excluding hydrogens is 366 g/mol. The van der Waals surface area contributed by atoms with Crippen LogP contribution >= 0.6 is 11.3 Å². The number of amides is 2. The van der Waals surface area contributed by atoms with Gasteiger partial charge in [-0.05, 0) is 25.0 Å². The molecule has 2 aromatic rings. The summed E-state index contributed by atoms with van der Waals surface area (Å²) in [7, 11) is 1.59. The van der Waals surface area contributed by atoms with Crippen LogP contribution in [0.4, 0.5) is 10.9 Å². The highest BCUT2D eigenvalue weighted by Crippen LogP contribution is 2.28. The zero-order chi connectivity index (χ0) is 19.2. The van der Waals surface area contributed by atoms with E-state index < -0.39 is 0 Å². The molecule has 8 nitrogen and oxygen atoms in total. The highest BCUT2D eigenvalue weighted by Gasteiger charge is 2.25. The molecule has 0 atom stereocenters. The lowest BCUT2D eigenvalue weighted by molar-refractivity contribution is -0.133. The highest BCUT2D eigenvalue weighted by molar-refractivity contribution is 7.13. The van der Waals surface area contributed by atoms with Crippen LogP contribution in [0.3, 0.4) is 0 Å². The Morgan fingerprint density at radius 2 is 2.15 bits per heavy atom. The summed E-state index contributed by atoms with van der Waals surface area (Å²) >= 11 is 1.34. The first-order valence-electron chi connectivity index (χ1n) is 8.82. The number of hydrogen-bond donors (Lipinski definition) is 2. The second-order valence-electron chi connectivity index (χ2n) is 6.36. The van der Waals surface area contributed by atoms with Crippen molar-refractivity contribution >= 4 is 34.1 Å².